The van der Waals surface area contributed by atoms with Crippen LogP contribution in [0.25, 0.3) is 23.3 Å². The van der Waals surface area contributed by atoms with Crippen LogP contribution in [0.2, 0.25) is 0 Å². The Kier molecular flexibility index (Phi) is 6.32. The van der Waals surface area contributed by atoms with E-state index in [1.54, 1.807) is 5.57 Å². The van der Waals surface area contributed by atoms with Crippen molar-refractivity contribution in [1.29, 1.82) is 0 Å². The molecule has 1 heteroatoms. The Labute approximate surface area is 206 Å². The summed E-state index contributed by atoms with van der Waals surface area (Å²) in [5.41, 5.74) is 9.04. The molecule has 1 nitrogen and oxygen atoms in total. The second-order valence-electron chi connectivity index (χ2n) is 11.4. The van der Waals surface area contributed by atoms with Gasteiger partial charge in [0.05, 0.1) is 5.54 Å². The molecule has 2 unspecified atom stereocenters. The highest BCUT2D eigenvalue weighted by atomic mass is 15.0. The molecule has 1 fully saturated rings. The summed E-state index contributed by atoms with van der Waals surface area (Å²) >= 11 is 0. The average Bonchev–Trinajstić information content (AvgIpc) is 3.68. The van der Waals surface area contributed by atoms with Crippen molar-refractivity contribution >= 4 is 12.2 Å². The number of rotatable bonds is 7. The van der Waals surface area contributed by atoms with Gasteiger partial charge in [0.15, 0.2) is 0 Å². The highest BCUT2D eigenvalue weighted by Gasteiger charge is 2.28. The van der Waals surface area contributed by atoms with Crippen LogP contribution >= 0.6 is 0 Å². The molecule has 2 aromatic carbocycles. The molecule has 0 aliphatic heterocycles. The molecule has 0 heterocycles. The zero-order chi connectivity index (χ0) is 23.8. The molecular weight excluding hydrogens is 410 g/mol. The van der Waals surface area contributed by atoms with Gasteiger partial charge >= 0.3 is 0 Å². The van der Waals surface area contributed by atoms with Gasteiger partial charge in [0, 0.05) is 5.70 Å². The van der Waals surface area contributed by atoms with Crippen molar-refractivity contribution < 1.29 is 0 Å². The summed E-state index contributed by atoms with van der Waals surface area (Å²) < 4.78 is 0. The van der Waals surface area contributed by atoms with Crippen molar-refractivity contribution in [2.24, 2.45) is 5.41 Å². The minimum Gasteiger partial charge on any atom is -0.380 e. The first-order chi connectivity index (χ1) is 16.4. The SMILES string of the molecule is CCC1(CCc2cc(C)cc(-c3cccc4c3=CC(C)(NC(C)=C3CC3)CC=4)c2)CC=CCC1. The molecule has 0 saturated heterocycles. The zero-order valence-electron chi connectivity index (χ0n) is 21.6. The Morgan fingerprint density at radius 1 is 1.06 bits per heavy atom. The van der Waals surface area contributed by atoms with Crippen molar-refractivity contribution in [3.8, 4) is 11.1 Å². The zero-order valence-corrected chi connectivity index (χ0v) is 21.6. The molecule has 0 spiro atoms. The van der Waals surface area contributed by atoms with Crippen LogP contribution in [-0.2, 0) is 6.42 Å². The van der Waals surface area contributed by atoms with E-state index >= 15 is 0 Å². The minimum atomic E-state index is -0.0303. The number of fused-ring (bicyclic) bond motifs is 1. The van der Waals surface area contributed by atoms with Crippen LogP contribution in [0.4, 0.5) is 0 Å². The molecule has 2 atom stereocenters. The second-order valence-corrected chi connectivity index (χ2v) is 11.4. The third-order valence-corrected chi connectivity index (χ3v) is 8.55. The fraction of sp³-hybridized carbons (Fsp3) is 0.455. The first-order valence-electron chi connectivity index (χ1n) is 13.4. The van der Waals surface area contributed by atoms with Gasteiger partial charge in [-0.3, -0.25) is 0 Å². The quantitative estimate of drug-likeness (QED) is 0.442. The minimum absolute atomic E-state index is 0.0303. The van der Waals surface area contributed by atoms with Crippen molar-refractivity contribution in [1.82, 2.24) is 5.32 Å². The lowest BCUT2D eigenvalue weighted by Crippen LogP contribution is -2.45. The van der Waals surface area contributed by atoms with Gasteiger partial charge in [-0.05, 0) is 105 Å². The maximum absolute atomic E-state index is 3.85. The number of hydrogen-bond acceptors (Lipinski definition) is 1. The van der Waals surface area contributed by atoms with Gasteiger partial charge in [-0.15, -0.1) is 0 Å². The topological polar surface area (TPSA) is 12.0 Å². The lowest BCUT2D eigenvalue weighted by Gasteiger charge is -2.34. The van der Waals surface area contributed by atoms with Gasteiger partial charge in [0.2, 0.25) is 0 Å². The highest BCUT2D eigenvalue weighted by Crippen LogP contribution is 2.40. The lowest BCUT2D eigenvalue weighted by molar-refractivity contribution is 0.225. The number of aryl methyl sites for hydroxylation is 2. The van der Waals surface area contributed by atoms with Crippen molar-refractivity contribution in [3.05, 3.63) is 81.4 Å². The summed E-state index contributed by atoms with van der Waals surface area (Å²) in [6.07, 6.45) is 20.9. The Bertz CT molecular complexity index is 1250. The van der Waals surface area contributed by atoms with Crippen LogP contribution < -0.4 is 15.8 Å². The van der Waals surface area contributed by atoms with E-state index in [1.807, 2.05) is 0 Å². The van der Waals surface area contributed by atoms with Crippen LogP contribution in [0.15, 0.2) is 59.8 Å². The molecule has 1 N–H and O–H groups in total. The van der Waals surface area contributed by atoms with Gasteiger partial charge in [-0.1, -0.05) is 85.2 Å². The van der Waals surface area contributed by atoms with Crippen LogP contribution in [0.5, 0.6) is 0 Å². The second kappa shape index (κ2) is 9.25. The van der Waals surface area contributed by atoms with E-state index in [0.717, 1.165) is 6.42 Å². The summed E-state index contributed by atoms with van der Waals surface area (Å²) in [4.78, 5) is 0. The molecule has 0 amide bonds. The van der Waals surface area contributed by atoms with Gasteiger partial charge in [0.25, 0.3) is 0 Å². The molecule has 1 saturated carbocycles. The van der Waals surface area contributed by atoms with E-state index in [4.69, 9.17) is 0 Å². The summed E-state index contributed by atoms with van der Waals surface area (Å²) in [7, 11) is 0. The van der Waals surface area contributed by atoms with Crippen LogP contribution in [0.3, 0.4) is 0 Å². The number of allylic oxidation sites excluding steroid dienone is 4. The van der Waals surface area contributed by atoms with E-state index in [1.165, 1.54) is 89.8 Å². The van der Waals surface area contributed by atoms with Crippen molar-refractivity contribution in [2.45, 2.75) is 91.0 Å². The Morgan fingerprint density at radius 2 is 1.91 bits per heavy atom. The van der Waals surface area contributed by atoms with Crippen molar-refractivity contribution in [2.75, 3.05) is 0 Å². The number of benzene rings is 2. The van der Waals surface area contributed by atoms with Crippen LogP contribution in [-0.4, -0.2) is 5.54 Å². The van der Waals surface area contributed by atoms with Crippen molar-refractivity contribution in [3.63, 3.8) is 0 Å². The highest BCUT2D eigenvalue weighted by molar-refractivity contribution is 5.69. The lowest BCUT2D eigenvalue weighted by atomic mass is 9.71. The van der Waals surface area contributed by atoms with E-state index in [0.29, 0.717) is 5.41 Å². The molecular formula is C33H41N. The Hall–Kier alpha value is -2.54. The Balaban J connectivity index is 1.47. The molecule has 0 aromatic heterocycles. The molecule has 178 valence electrons. The van der Waals surface area contributed by atoms with E-state index in [9.17, 15) is 0 Å². The third kappa shape index (κ3) is 4.95. The molecule has 3 aliphatic rings. The fourth-order valence-corrected chi connectivity index (χ4v) is 6.15. The number of hydrogen-bond donors (Lipinski definition) is 1. The van der Waals surface area contributed by atoms with Gasteiger partial charge < -0.3 is 5.32 Å². The van der Waals surface area contributed by atoms with E-state index in [2.05, 4.69) is 93.7 Å². The summed E-state index contributed by atoms with van der Waals surface area (Å²) in [5.74, 6) is 0. The standard InChI is InChI=1S/C33H41N/c1-5-33(16-7-6-8-17-33)19-14-26-20-24(2)21-29(22-26)30-11-9-10-28-15-18-32(4,23-31(28)30)34-25(3)27-12-13-27/h6-7,9-11,15,20-23,34H,5,8,12-14,16-19H2,1-4H3. The first-order valence-corrected chi connectivity index (χ1v) is 13.4. The predicted octanol–water partition coefficient (Wildman–Crippen LogP) is 7.11. The van der Waals surface area contributed by atoms with Gasteiger partial charge in [-0.2, -0.15) is 0 Å². The maximum atomic E-state index is 3.85. The first kappa shape index (κ1) is 23.2. The molecule has 5 rings (SSSR count). The van der Waals surface area contributed by atoms with Crippen LogP contribution in [0.1, 0.15) is 83.3 Å². The predicted molar refractivity (Wildman–Crippen MR) is 147 cm³/mol. The summed E-state index contributed by atoms with van der Waals surface area (Å²) in [6, 6.07) is 14.1. The van der Waals surface area contributed by atoms with Gasteiger partial charge in [0.1, 0.15) is 0 Å². The molecule has 2 aromatic rings. The maximum Gasteiger partial charge on any atom is 0.0568 e. The molecule has 0 bridgehead atoms. The molecule has 0 radical (unpaired) electrons. The third-order valence-electron chi connectivity index (χ3n) is 8.55. The normalized spacial score (nSPS) is 25.2. The monoisotopic (exact) mass is 451 g/mol. The smallest absolute Gasteiger partial charge is 0.0568 e. The fourth-order valence-electron chi connectivity index (χ4n) is 6.15. The van der Waals surface area contributed by atoms with E-state index < -0.39 is 0 Å². The van der Waals surface area contributed by atoms with Crippen LogP contribution in [0, 0.1) is 12.3 Å². The largest absolute Gasteiger partial charge is 0.380 e. The van der Waals surface area contributed by atoms with Gasteiger partial charge in [-0.25, -0.2) is 0 Å². The average molecular weight is 452 g/mol. The summed E-state index contributed by atoms with van der Waals surface area (Å²) in [5, 5.41) is 6.61. The molecule has 3 aliphatic carbocycles. The summed E-state index contributed by atoms with van der Waals surface area (Å²) in [6.45, 7) is 9.24. The Morgan fingerprint density at radius 3 is 2.65 bits per heavy atom. The van der Waals surface area contributed by atoms with E-state index in [-0.39, 0.29) is 5.54 Å². The molecule has 34 heavy (non-hydrogen) atoms. The number of nitrogens with one attached hydrogen (secondary N) is 1.